The van der Waals surface area contributed by atoms with Crippen LogP contribution in [0.5, 0.6) is 0 Å². The molecule has 13 aromatic rings. The van der Waals surface area contributed by atoms with Crippen LogP contribution in [0.15, 0.2) is 249 Å². The van der Waals surface area contributed by atoms with Gasteiger partial charge in [-0.05, 0) is 194 Å². The number of allylic oxidation sites excluding steroid dienone is 4. The van der Waals surface area contributed by atoms with Gasteiger partial charge in [0.1, 0.15) is 0 Å². The molecule has 3 aromatic heterocycles. The molecule has 0 saturated carbocycles. The van der Waals surface area contributed by atoms with Crippen LogP contribution in [0.1, 0.15) is 53.1 Å². The number of para-hydroxylation sites is 2. The van der Waals surface area contributed by atoms with E-state index in [-0.39, 0.29) is 0 Å². The van der Waals surface area contributed by atoms with Crippen LogP contribution in [0.3, 0.4) is 0 Å². The summed E-state index contributed by atoms with van der Waals surface area (Å²) in [6, 6.07) is 84.0. The zero-order valence-corrected chi connectivity index (χ0v) is 47.0. The summed E-state index contributed by atoms with van der Waals surface area (Å²) >= 11 is 0. The first-order valence-electron chi connectivity index (χ1n) is 27.9. The van der Waals surface area contributed by atoms with E-state index in [2.05, 4.69) is 313 Å². The number of aryl methyl sites for hydroxylation is 5. The highest BCUT2D eigenvalue weighted by molar-refractivity contribution is 6.12. The quantitative estimate of drug-likeness (QED) is 0.132. The molecule has 0 aliphatic carbocycles. The molecule has 0 atom stereocenters. The predicted molar refractivity (Wildman–Crippen MR) is 343 cm³/mol. The van der Waals surface area contributed by atoms with E-state index in [1.54, 1.807) is 0 Å². The van der Waals surface area contributed by atoms with E-state index in [9.17, 15) is 0 Å². The van der Waals surface area contributed by atoms with Crippen LogP contribution < -0.4 is 0 Å². The number of fused-ring (bicyclic) bond motifs is 6. The molecule has 13 rings (SSSR count). The lowest BCUT2D eigenvalue weighted by atomic mass is 9.90. The van der Waals surface area contributed by atoms with Gasteiger partial charge in [0.25, 0.3) is 0 Å². The van der Waals surface area contributed by atoms with Crippen molar-refractivity contribution in [2.75, 3.05) is 0 Å². The summed E-state index contributed by atoms with van der Waals surface area (Å²) < 4.78 is 4.82. The lowest BCUT2D eigenvalue weighted by Crippen LogP contribution is -2.00. The number of hydrogen-bond acceptors (Lipinski definition) is 1. The first-order chi connectivity index (χ1) is 39.1. The lowest BCUT2D eigenvalue weighted by Gasteiger charge is -2.18. The second-order valence-corrected chi connectivity index (χ2v) is 21.2. The second kappa shape index (κ2) is 21.7. The van der Waals surface area contributed by atoms with Crippen molar-refractivity contribution in [2.45, 2.75) is 55.4 Å². The van der Waals surface area contributed by atoms with Gasteiger partial charge in [0.05, 0.1) is 22.1 Å². The monoisotopic (exact) mass is 1030 g/mol. The van der Waals surface area contributed by atoms with Gasteiger partial charge in [0, 0.05) is 55.4 Å². The highest BCUT2D eigenvalue weighted by Gasteiger charge is 2.20. The molecule has 0 bridgehead atoms. The Labute approximate surface area is 471 Å². The van der Waals surface area contributed by atoms with Gasteiger partial charge in [-0.1, -0.05) is 188 Å². The smallest absolute Gasteiger partial charge is 0.0541 e. The van der Waals surface area contributed by atoms with Crippen molar-refractivity contribution < 1.29 is 0 Å². The number of rotatable bonds is 9. The Morgan fingerprint density at radius 1 is 0.362 bits per heavy atom. The third-order valence-corrected chi connectivity index (χ3v) is 16.1. The molecule has 0 unspecified atom stereocenters. The standard InChI is InChI=1S/C63H51N3.C14H14/c1-7-16-44(8-2)49-29-33-60-56(38-49)57-39-50(45-17-10-9-11-18-45)30-34-61(57)65(60)52-31-27-48(28-32-52)63-41(4)62(42(5)64-43(63)6)47-25-23-46(24-26-47)51-35-40(3)36-53(37-51)66-58-21-14-12-19-54(58)55-20-13-15-22-59(55)66;1-11-7-3-5-9-13(11)14-10-6-4-8-12(14)2/h7-39H,1-6H3;3-10H,1-2H3/b16-7-,44-8+;. The van der Waals surface area contributed by atoms with Gasteiger partial charge in [-0.2, -0.15) is 0 Å². The van der Waals surface area contributed by atoms with E-state index in [1.807, 2.05) is 0 Å². The van der Waals surface area contributed by atoms with Crippen molar-refractivity contribution in [3.63, 3.8) is 0 Å². The molecule has 0 saturated heterocycles. The molecule has 0 radical (unpaired) electrons. The van der Waals surface area contributed by atoms with Gasteiger partial charge in [-0.25, -0.2) is 0 Å². The Morgan fingerprint density at radius 2 is 0.838 bits per heavy atom. The average Bonchev–Trinajstić information content (AvgIpc) is 4.08. The summed E-state index contributed by atoms with van der Waals surface area (Å²) in [7, 11) is 0. The van der Waals surface area contributed by atoms with E-state index < -0.39 is 0 Å². The molecule has 0 N–H and O–H groups in total. The van der Waals surface area contributed by atoms with Gasteiger partial charge >= 0.3 is 0 Å². The van der Waals surface area contributed by atoms with E-state index in [1.165, 1.54) is 133 Å². The van der Waals surface area contributed by atoms with Crippen molar-refractivity contribution >= 4 is 49.2 Å². The van der Waals surface area contributed by atoms with Crippen molar-refractivity contribution in [2.24, 2.45) is 0 Å². The van der Waals surface area contributed by atoms with Gasteiger partial charge in [-0.15, -0.1) is 0 Å². The number of pyridine rings is 1. The highest BCUT2D eigenvalue weighted by Crippen LogP contribution is 2.41. The first-order valence-corrected chi connectivity index (χ1v) is 27.9. The molecule has 3 heteroatoms. The molecule has 0 fully saturated rings. The fourth-order valence-electron chi connectivity index (χ4n) is 12.3. The molecule has 3 nitrogen and oxygen atoms in total. The van der Waals surface area contributed by atoms with Gasteiger partial charge in [0.15, 0.2) is 0 Å². The van der Waals surface area contributed by atoms with E-state index in [4.69, 9.17) is 4.98 Å². The fraction of sp³-hybridized carbons (Fsp3) is 0.104. The lowest BCUT2D eigenvalue weighted by molar-refractivity contribution is 1.11. The van der Waals surface area contributed by atoms with Crippen molar-refractivity contribution in [3.8, 4) is 67.0 Å². The number of hydrogen-bond donors (Lipinski definition) is 0. The number of benzene rings is 10. The highest BCUT2D eigenvalue weighted by atomic mass is 15.0. The Kier molecular flexibility index (Phi) is 13.9. The summed E-state index contributed by atoms with van der Waals surface area (Å²) in [5.41, 5.74) is 28.9. The molecule has 0 spiro atoms. The molecule has 3 heterocycles. The summed E-state index contributed by atoms with van der Waals surface area (Å²) in [5, 5.41) is 5.02. The molecular formula is C77H65N3. The predicted octanol–water partition coefficient (Wildman–Crippen LogP) is 21.1. The minimum atomic E-state index is 1.04. The van der Waals surface area contributed by atoms with E-state index in [0.717, 1.165) is 22.6 Å². The van der Waals surface area contributed by atoms with Crippen molar-refractivity contribution in [1.82, 2.24) is 14.1 Å². The normalized spacial score (nSPS) is 11.8. The Balaban J connectivity index is 0.000000396. The average molecular weight is 1030 g/mol. The molecule has 388 valence electrons. The van der Waals surface area contributed by atoms with Crippen LogP contribution in [0.25, 0.3) is 116 Å². The third-order valence-electron chi connectivity index (χ3n) is 16.1. The summed E-state index contributed by atoms with van der Waals surface area (Å²) in [6.45, 7) is 17.2. The van der Waals surface area contributed by atoms with Crippen LogP contribution >= 0.6 is 0 Å². The van der Waals surface area contributed by atoms with Crippen LogP contribution in [0, 0.1) is 41.5 Å². The maximum Gasteiger partial charge on any atom is 0.0541 e. The number of nitrogens with zero attached hydrogens (tertiary/aromatic N) is 3. The summed E-state index contributed by atoms with van der Waals surface area (Å²) in [4.78, 5) is 5.18. The van der Waals surface area contributed by atoms with E-state index >= 15 is 0 Å². The zero-order valence-electron chi connectivity index (χ0n) is 47.0. The Bertz CT molecular complexity index is 4430. The minimum absolute atomic E-state index is 1.04. The molecule has 80 heavy (non-hydrogen) atoms. The van der Waals surface area contributed by atoms with Gasteiger partial charge in [0.2, 0.25) is 0 Å². The van der Waals surface area contributed by atoms with Crippen LogP contribution in [-0.2, 0) is 0 Å². The van der Waals surface area contributed by atoms with Gasteiger partial charge < -0.3 is 9.13 Å². The number of aromatic nitrogens is 3. The van der Waals surface area contributed by atoms with Crippen molar-refractivity contribution in [1.29, 1.82) is 0 Å². The summed E-state index contributed by atoms with van der Waals surface area (Å²) in [6.07, 6.45) is 6.49. The van der Waals surface area contributed by atoms with Crippen molar-refractivity contribution in [3.05, 3.63) is 288 Å². The minimum Gasteiger partial charge on any atom is -0.309 e. The zero-order chi connectivity index (χ0) is 55.0. The maximum absolute atomic E-state index is 5.18. The van der Waals surface area contributed by atoms with Crippen LogP contribution in [0.2, 0.25) is 0 Å². The Morgan fingerprint density at radius 3 is 1.43 bits per heavy atom. The molecule has 0 amide bonds. The third kappa shape index (κ3) is 9.45. The molecule has 0 aliphatic heterocycles. The Hall–Kier alpha value is -9.57. The van der Waals surface area contributed by atoms with Crippen LogP contribution in [0.4, 0.5) is 0 Å². The SMILES string of the molecule is C/C=C\C(=C/C)c1ccc2c(c1)c1cc(-c3ccccc3)ccc1n2-c1ccc(-c2c(C)nc(C)c(-c3ccc(-c4cc(C)cc(-n5c6ccccc6c6ccccc65)c4)cc3)c2C)cc1.Cc1ccccc1-c1ccccc1C. The second-order valence-electron chi connectivity index (χ2n) is 21.2. The fourth-order valence-corrected chi connectivity index (χ4v) is 12.3. The first kappa shape index (κ1) is 51.2. The molecule has 10 aromatic carbocycles. The molecular weight excluding hydrogens is 967 g/mol. The topological polar surface area (TPSA) is 22.8 Å². The molecule has 0 aliphatic rings. The van der Waals surface area contributed by atoms with Crippen LogP contribution in [-0.4, -0.2) is 14.1 Å². The largest absolute Gasteiger partial charge is 0.309 e. The van der Waals surface area contributed by atoms with Gasteiger partial charge in [-0.3, -0.25) is 4.98 Å². The maximum atomic E-state index is 5.18. The van der Waals surface area contributed by atoms with E-state index in [0.29, 0.717) is 0 Å². The summed E-state index contributed by atoms with van der Waals surface area (Å²) in [5.74, 6) is 0.